The molecule has 1 N–H and O–H groups in total. The number of hydrogen-bond donors (Lipinski definition) is 1. The van der Waals surface area contributed by atoms with Gasteiger partial charge in [0.25, 0.3) is 0 Å². The average molecular weight is 251 g/mol. The Labute approximate surface area is 107 Å². The highest BCUT2D eigenvalue weighted by atomic mass is 16.4. The molecule has 1 saturated heterocycles. The topological polar surface area (TPSA) is 58.4 Å². The van der Waals surface area contributed by atoms with E-state index in [0.29, 0.717) is 6.54 Å². The van der Waals surface area contributed by atoms with Crippen LogP contribution in [0, 0.1) is 18.8 Å². The van der Waals surface area contributed by atoms with Crippen molar-refractivity contribution in [2.45, 2.75) is 26.8 Å². The number of aliphatic carboxylic acids is 1. The van der Waals surface area contributed by atoms with Crippen molar-refractivity contribution in [2.24, 2.45) is 18.9 Å². The van der Waals surface area contributed by atoms with Gasteiger partial charge in [-0.25, -0.2) is 0 Å². The first kappa shape index (κ1) is 13.1. The molecule has 1 aromatic heterocycles. The number of rotatable bonds is 3. The van der Waals surface area contributed by atoms with E-state index in [1.54, 1.807) is 0 Å². The zero-order valence-electron chi connectivity index (χ0n) is 11.4. The molecule has 1 aromatic rings. The number of likely N-dealkylation sites (tertiary alicyclic amines) is 1. The molecule has 1 aliphatic heterocycles. The van der Waals surface area contributed by atoms with Gasteiger partial charge < -0.3 is 5.11 Å². The molecule has 3 unspecified atom stereocenters. The van der Waals surface area contributed by atoms with Crippen molar-refractivity contribution in [3.8, 4) is 0 Å². The van der Waals surface area contributed by atoms with Gasteiger partial charge in [0.2, 0.25) is 0 Å². The Morgan fingerprint density at radius 1 is 1.56 bits per heavy atom. The van der Waals surface area contributed by atoms with Gasteiger partial charge >= 0.3 is 5.97 Å². The molecule has 0 radical (unpaired) electrons. The largest absolute Gasteiger partial charge is 0.481 e. The monoisotopic (exact) mass is 251 g/mol. The van der Waals surface area contributed by atoms with E-state index in [4.69, 9.17) is 5.11 Å². The molecule has 2 rings (SSSR count). The molecule has 5 heteroatoms. The standard InChI is InChI=1S/C13H21N3O2/c1-8-5-16(7-11(8)13(17)18)10(3)12-6-15(4)14-9(12)2/h6,8,10-11H,5,7H2,1-4H3,(H,17,18). The number of aromatic nitrogens is 2. The van der Waals surface area contributed by atoms with Gasteiger partial charge in [0.15, 0.2) is 0 Å². The zero-order chi connectivity index (χ0) is 13.4. The van der Waals surface area contributed by atoms with E-state index < -0.39 is 5.97 Å². The molecule has 0 aromatic carbocycles. The molecule has 0 bridgehead atoms. The zero-order valence-corrected chi connectivity index (χ0v) is 11.4. The fourth-order valence-corrected chi connectivity index (χ4v) is 2.87. The third-order valence-electron chi connectivity index (χ3n) is 4.01. The van der Waals surface area contributed by atoms with Crippen molar-refractivity contribution in [1.82, 2.24) is 14.7 Å². The number of nitrogens with zero attached hydrogens (tertiary/aromatic N) is 3. The van der Waals surface area contributed by atoms with Gasteiger partial charge in [-0.15, -0.1) is 0 Å². The second kappa shape index (κ2) is 4.72. The SMILES string of the molecule is Cc1nn(C)cc1C(C)N1CC(C)C(C(=O)O)C1. The predicted molar refractivity (Wildman–Crippen MR) is 68.2 cm³/mol. The fourth-order valence-electron chi connectivity index (χ4n) is 2.87. The molecule has 1 aliphatic rings. The summed E-state index contributed by atoms with van der Waals surface area (Å²) in [6.07, 6.45) is 2.03. The first-order chi connectivity index (χ1) is 8.40. The molecule has 0 saturated carbocycles. The number of carbonyl (C=O) groups is 1. The van der Waals surface area contributed by atoms with Gasteiger partial charge in [0.1, 0.15) is 0 Å². The average Bonchev–Trinajstić information content (AvgIpc) is 2.81. The molecule has 100 valence electrons. The molecule has 1 fully saturated rings. The normalized spacial score (nSPS) is 26.4. The maximum atomic E-state index is 11.1. The van der Waals surface area contributed by atoms with E-state index in [0.717, 1.165) is 12.2 Å². The van der Waals surface area contributed by atoms with Gasteiger partial charge in [-0.3, -0.25) is 14.4 Å². The lowest BCUT2D eigenvalue weighted by atomic mass is 9.99. The predicted octanol–water partition coefficient (Wildman–Crippen LogP) is 1.44. The van der Waals surface area contributed by atoms with Crippen LogP contribution in [-0.4, -0.2) is 38.8 Å². The maximum absolute atomic E-state index is 11.1. The summed E-state index contributed by atoms with van der Waals surface area (Å²) in [5.74, 6) is -0.716. The van der Waals surface area contributed by atoms with Crippen LogP contribution in [0.5, 0.6) is 0 Å². The third-order valence-corrected chi connectivity index (χ3v) is 4.01. The number of carboxylic acids is 1. The van der Waals surface area contributed by atoms with Crippen molar-refractivity contribution >= 4 is 5.97 Å². The second-order valence-electron chi connectivity index (χ2n) is 5.40. The van der Waals surface area contributed by atoms with Crippen LogP contribution in [0.4, 0.5) is 0 Å². The summed E-state index contributed by atoms with van der Waals surface area (Å²) >= 11 is 0. The van der Waals surface area contributed by atoms with Gasteiger partial charge in [0, 0.05) is 37.9 Å². The molecule has 0 spiro atoms. The van der Waals surface area contributed by atoms with Crippen LogP contribution in [0.1, 0.15) is 31.1 Å². The third kappa shape index (κ3) is 2.27. The van der Waals surface area contributed by atoms with Crippen molar-refractivity contribution in [2.75, 3.05) is 13.1 Å². The van der Waals surface area contributed by atoms with E-state index in [1.165, 1.54) is 5.56 Å². The van der Waals surface area contributed by atoms with Crippen molar-refractivity contribution in [3.63, 3.8) is 0 Å². The van der Waals surface area contributed by atoms with Crippen LogP contribution < -0.4 is 0 Å². The Bertz CT molecular complexity index is 455. The summed E-state index contributed by atoms with van der Waals surface area (Å²) in [5, 5.41) is 13.5. The lowest BCUT2D eigenvalue weighted by Crippen LogP contribution is -2.26. The first-order valence-corrected chi connectivity index (χ1v) is 6.37. The van der Waals surface area contributed by atoms with E-state index in [1.807, 2.05) is 31.8 Å². The minimum Gasteiger partial charge on any atom is -0.481 e. The number of aryl methyl sites for hydroxylation is 2. The van der Waals surface area contributed by atoms with Crippen LogP contribution in [0.2, 0.25) is 0 Å². The Morgan fingerprint density at radius 3 is 2.67 bits per heavy atom. The lowest BCUT2D eigenvalue weighted by Gasteiger charge is -2.23. The minimum atomic E-state index is -0.680. The summed E-state index contributed by atoms with van der Waals surface area (Å²) in [7, 11) is 1.91. The van der Waals surface area contributed by atoms with Gasteiger partial charge in [-0.1, -0.05) is 6.92 Å². The molecule has 18 heavy (non-hydrogen) atoms. The maximum Gasteiger partial charge on any atom is 0.308 e. The van der Waals surface area contributed by atoms with Crippen LogP contribution in [0.15, 0.2) is 6.20 Å². The smallest absolute Gasteiger partial charge is 0.308 e. The summed E-state index contributed by atoms with van der Waals surface area (Å²) < 4.78 is 1.81. The quantitative estimate of drug-likeness (QED) is 0.883. The molecule has 0 amide bonds. The summed E-state index contributed by atoms with van der Waals surface area (Å²) in [5.41, 5.74) is 2.21. The van der Waals surface area contributed by atoms with E-state index >= 15 is 0 Å². The number of hydrogen-bond acceptors (Lipinski definition) is 3. The van der Waals surface area contributed by atoms with Crippen molar-refractivity contribution in [3.05, 3.63) is 17.5 Å². The minimum absolute atomic E-state index is 0.210. The molecular weight excluding hydrogens is 230 g/mol. The van der Waals surface area contributed by atoms with Gasteiger partial charge in [-0.05, 0) is 19.8 Å². The van der Waals surface area contributed by atoms with Crippen molar-refractivity contribution < 1.29 is 9.90 Å². The highest BCUT2D eigenvalue weighted by molar-refractivity contribution is 5.71. The van der Waals surface area contributed by atoms with Crippen LogP contribution in [0.3, 0.4) is 0 Å². The highest BCUT2D eigenvalue weighted by Gasteiger charge is 2.37. The summed E-state index contributed by atoms with van der Waals surface area (Å²) in [4.78, 5) is 13.4. The van der Waals surface area contributed by atoms with Crippen LogP contribution in [0.25, 0.3) is 0 Å². The summed E-state index contributed by atoms with van der Waals surface area (Å²) in [6, 6.07) is 0.227. The fraction of sp³-hybridized carbons (Fsp3) is 0.692. The Hall–Kier alpha value is -1.36. The van der Waals surface area contributed by atoms with Crippen LogP contribution >= 0.6 is 0 Å². The lowest BCUT2D eigenvalue weighted by molar-refractivity contribution is -0.142. The van der Waals surface area contributed by atoms with E-state index in [9.17, 15) is 4.79 Å². The van der Waals surface area contributed by atoms with E-state index in [-0.39, 0.29) is 17.9 Å². The van der Waals surface area contributed by atoms with Crippen molar-refractivity contribution in [1.29, 1.82) is 0 Å². The van der Waals surface area contributed by atoms with Gasteiger partial charge in [-0.2, -0.15) is 5.10 Å². The highest BCUT2D eigenvalue weighted by Crippen LogP contribution is 2.31. The molecule has 5 nitrogen and oxygen atoms in total. The Kier molecular flexibility index (Phi) is 3.43. The van der Waals surface area contributed by atoms with Crippen LogP contribution in [-0.2, 0) is 11.8 Å². The Balaban J connectivity index is 2.14. The summed E-state index contributed by atoms with van der Waals surface area (Å²) in [6.45, 7) is 7.61. The molecule has 0 aliphatic carbocycles. The van der Waals surface area contributed by atoms with Gasteiger partial charge in [0.05, 0.1) is 11.6 Å². The second-order valence-corrected chi connectivity index (χ2v) is 5.40. The molecule has 3 atom stereocenters. The molecule has 2 heterocycles. The molecular formula is C13H21N3O2. The van der Waals surface area contributed by atoms with E-state index in [2.05, 4.69) is 16.9 Å². The Morgan fingerprint density at radius 2 is 2.22 bits per heavy atom. The first-order valence-electron chi connectivity index (χ1n) is 6.37. The number of carboxylic acid groups (broad SMARTS) is 1.